The van der Waals surface area contributed by atoms with Gasteiger partial charge in [0.2, 0.25) is 5.91 Å². The summed E-state index contributed by atoms with van der Waals surface area (Å²) in [5.41, 5.74) is 0.452. The van der Waals surface area contributed by atoms with E-state index in [4.69, 9.17) is 4.74 Å². The molecular weight excluding hydrogens is 292 g/mol. The summed E-state index contributed by atoms with van der Waals surface area (Å²) in [5.74, 6) is -0.164. The fourth-order valence-electron chi connectivity index (χ4n) is 2.12. The van der Waals surface area contributed by atoms with Crippen LogP contribution >= 0.6 is 0 Å². The molecule has 1 rings (SSSR count). The Labute approximate surface area is 139 Å². The number of benzene rings is 1. The normalized spacial score (nSPS) is 12.7. The molecule has 0 bridgehead atoms. The molecule has 0 aliphatic carbocycles. The molecule has 0 fully saturated rings. The summed E-state index contributed by atoms with van der Waals surface area (Å²) in [6.45, 7) is 9.67. The zero-order valence-corrected chi connectivity index (χ0v) is 14.9. The van der Waals surface area contributed by atoms with Crippen LogP contribution in [0.2, 0.25) is 0 Å². The molecule has 0 aliphatic rings. The second-order valence-corrected chi connectivity index (χ2v) is 7.05. The van der Waals surface area contributed by atoms with E-state index in [-0.39, 0.29) is 11.8 Å². The van der Waals surface area contributed by atoms with Crippen molar-refractivity contribution >= 4 is 12.0 Å². The van der Waals surface area contributed by atoms with Gasteiger partial charge in [0.1, 0.15) is 11.6 Å². The van der Waals surface area contributed by atoms with Gasteiger partial charge in [-0.05, 0) is 32.3 Å². The van der Waals surface area contributed by atoms with Gasteiger partial charge in [0, 0.05) is 13.6 Å². The van der Waals surface area contributed by atoms with Gasteiger partial charge in [-0.15, -0.1) is 0 Å². The van der Waals surface area contributed by atoms with Crippen molar-refractivity contribution in [1.82, 2.24) is 10.2 Å². The third kappa shape index (κ3) is 6.72. The maximum atomic E-state index is 12.6. The number of hydrogen-bond acceptors (Lipinski definition) is 3. The van der Waals surface area contributed by atoms with Crippen molar-refractivity contribution in [3.63, 3.8) is 0 Å². The van der Waals surface area contributed by atoms with Gasteiger partial charge in [0.05, 0.1) is 0 Å². The quantitative estimate of drug-likeness (QED) is 0.906. The average Bonchev–Trinajstić information content (AvgIpc) is 2.43. The predicted octanol–water partition coefficient (Wildman–Crippen LogP) is 3.19. The lowest BCUT2D eigenvalue weighted by Crippen LogP contribution is -2.51. The zero-order valence-electron chi connectivity index (χ0n) is 14.9. The number of carbonyl (C=O) groups is 2. The highest BCUT2D eigenvalue weighted by molar-refractivity contribution is 5.85. The lowest BCUT2D eigenvalue weighted by Gasteiger charge is -2.28. The van der Waals surface area contributed by atoms with Crippen LogP contribution in [-0.2, 0) is 16.1 Å². The second kappa shape index (κ2) is 7.99. The highest BCUT2D eigenvalue weighted by atomic mass is 16.6. The molecule has 5 nitrogen and oxygen atoms in total. The van der Waals surface area contributed by atoms with Gasteiger partial charge in [-0.3, -0.25) is 4.79 Å². The van der Waals surface area contributed by atoms with Crippen LogP contribution in [0.5, 0.6) is 0 Å². The smallest absolute Gasteiger partial charge is 0.408 e. The van der Waals surface area contributed by atoms with Crippen LogP contribution < -0.4 is 5.32 Å². The van der Waals surface area contributed by atoms with Crippen LogP contribution in [0.15, 0.2) is 30.3 Å². The summed E-state index contributed by atoms with van der Waals surface area (Å²) in [5, 5.41) is 2.69. The summed E-state index contributed by atoms with van der Waals surface area (Å²) in [6, 6.07) is 9.13. The monoisotopic (exact) mass is 320 g/mol. The molecule has 2 amide bonds. The molecule has 1 aromatic rings. The third-order valence-electron chi connectivity index (χ3n) is 3.24. The number of carbonyl (C=O) groups excluding carboxylic acids is 2. The zero-order chi connectivity index (χ0) is 17.6. The Morgan fingerprint density at radius 2 is 1.74 bits per heavy atom. The van der Waals surface area contributed by atoms with E-state index in [9.17, 15) is 9.59 Å². The molecule has 0 spiro atoms. The standard InChI is InChI=1S/C18H28N2O3/c1-13(2)15(19-17(22)23-18(3,4)5)16(21)20(6)12-14-10-8-7-9-11-14/h7-11,13,15H,12H2,1-6H3,(H,19,22). The predicted molar refractivity (Wildman–Crippen MR) is 90.9 cm³/mol. The van der Waals surface area contributed by atoms with Crippen LogP contribution in [0.25, 0.3) is 0 Å². The van der Waals surface area contributed by atoms with Crippen molar-refractivity contribution in [3.05, 3.63) is 35.9 Å². The number of amides is 2. The number of nitrogens with one attached hydrogen (secondary N) is 1. The minimum absolute atomic E-state index is 0.0340. The van der Waals surface area contributed by atoms with Crippen molar-refractivity contribution in [2.24, 2.45) is 5.92 Å². The van der Waals surface area contributed by atoms with Crippen LogP contribution in [0.3, 0.4) is 0 Å². The Bertz CT molecular complexity index is 521. The summed E-state index contributed by atoms with van der Waals surface area (Å²) in [7, 11) is 1.74. The molecule has 128 valence electrons. The summed E-state index contributed by atoms with van der Waals surface area (Å²) >= 11 is 0. The van der Waals surface area contributed by atoms with E-state index in [2.05, 4.69) is 5.32 Å². The van der Waals surface area contributed by atoms with Gasteiger partial charge in [-0.1, -0.05) is 44.2 Å². The Hall–Kier alpha value is -2.04. The molecule has 0 saturated carbocycles. The number of alkyl carbamates (subject to hydrolysis) is 1. The van der Waals surface area contributed by atoms with Crippen molar-refractivity contribution < 1.29 is 14.3 Å². The first-order valence-electron chi connectivity index (χ1n) is 7.88. The van der Waals surface area contributed by atoms with Crippen molar-refractivity contribution in [2.45, 2.75) is 52.8 Å². The van der Waals surface area contributed by atoms with Gasteiger partial charge in [-0.2, -0.15) is 0 Å². The average molecular weight is 320 g/mol. The minimum atomic E-state index is -0.612. The number of hydrogen-bond donors (Lipinski definition) is 1. The number of rotatable bonds is 5. The Balaban J connectivity index is 2.72. The first-order chi connectivity index (χ1) is 10.6. The second-order valence-electron chi connectivity index (χ2n) is 7.05. The van der Waals surface area contributed by atoms with Crippen LogP contribution in [-0.4, -0.2) is 35.6 Å². The van der Waals surface area contributed by atoms with Gasteiger partial charge in [0.25, 0.3) is 0 Å². The fourth-order valence-corrected chi connectivity index (χ4v) is 2.12. The van der Waals surface area contributed by atoms with E-state index < -0.39 is 17.7 Å². The maximum absolute atomic E-state index is 12.6. The van der Waals surface area contributed by atoms with Gasteiger partial charge in [0.15, 0.2) is 0 Å². The van der Waals surface area contributed by atoms with Crippen LogP contribution in [0.4, 0.5) is 4.79 Å². The molecular formula is C18H28N2O3. The van der Waals surface area contributed by atoms with Gasteiger partial charge < -0.3 is 15.0 Å². The van der Waals surface area contributed by atoms with Crippen LogP contribution in [0, 0.1) is 5.92 Å². The maximum Gasteiger partial charge on any atom is 0.408 e. The molecule has 23 heavy (non-hydrogen) atoms. The van der Waals surface area contributed by atoms with Crippen molar-refractivity contribution in [3.8, 4) is 0 Å². The first-order valence-corrected chi connectivity index (χ1v) is 7.88. The highest BCUT2D eigenvalue weighted by Crippen LogP contribution is 2.11. The summed E-state index contributed by atoms with van der Waals surface area (Å²) in [4.78, 5) is 26.2. The molecule has 0 saturated heterocycles. The molecule has 1 aromatic carbocycles. The van der Waals surface area contributed by atoms with Crippen molar-refractivity contribution in [1.29, 1.82) is 0 Å². The molecule has 1 atom stereocenters. The Kier molecular flexibility index (Phi) is 6.61. The molecule has 1 unspecified atom stereocenters. The highest BCUT2D eigenvalue weighted by Gasteiger charge is 2.29. The SMILES string of the molecule is CC(C)C(NC(=O)OC(C)(C)C)C(=O)N(C)Cc1ccccc1. The Morgan fingerprint density at radius 1 is 1.17 bits per heavy atom. The third-order valence-corrected chi connectivity index (χ3v) is 3.24. The molecule has 0 aromatic heterocycles. The fraction of sp³-hybridized carbons (Fsp3) is 0.556. The molecule has 0 radical (unpaired) electrons. The Morgan fingerprint density at radius 3 is 2.22 bits per heavy atom. The molecule has 5 heteroatoms. The van der Waals surface area contributed by atoms with Crippen LogP contribution in [0.1, 0.15) is 40.2 Å². The number of nitrogens with zero attached hydrogens (tertiary/aromatic N) is 1. The molecule has 0 heterocycles. The topological polar surface area (TPSA) is 58.6 Å². The van der Waals surface area contributed by atoms with E-state index in [0.717, 1.165) is 5.56 Å². The molecule has 0 aliphatic heterocycles. The lowest BCUT2D eigenvalue weighted by atomic mass is 10.0. The van der Waals surface area contributed by atoms with E-state index in [1.54, 1.807) is 32.7 Å². The van der Waals surface area contributed by atoms with E-state index >= 15 is 0 Å². The lowest BCUT2D eigenvalue weighted by molar-refractivity contribution is -0.133. The van der Waals surface area contributed by atoms with E-state index in [0.29, 0.717) is 6.54 Å². The number of likely N-dealkylation sites (N-methyl/N-ethyl adjacent to an activating group) is 1. The summed E-state index contributed by atoms with van der Waals surface area (Å²) in [6.07, 6.45) is -0.572. The van der Waals surface area contributed by atoms with E-state index in [1.165, 1.54) is 0 Å². The van der Waals surface area contributed by atoms with Gasteiger partial charge >= 0.3 is 6.09 Å². The first kappa shape index (κ1) is 19.0. The minimum Gasteiger partial charge on any atom is -0.444 e. The number of ether oxygens (including phenoxy) is 1. The molecule has 1 N–H and O–H groups in total. The summed E-state index contributed by atoms with van der Waals surface area (Å²) < 4.78 is 5.25. The van der Waals surface area contributed by atoms with Gasteiger partial charge in [-0.25, -0.2) is 4.79 Å². The van der Waals surface area contributed by atoms with E-state index in [1.807, 2.05) is 44.2 Å². The largest absolute Gasteiger partial charge is 0.444 e. The van der Waals surface area contributed by atoms with Crippen molar-refractivity contribution in [2.75, 3.05) is 7.05 Å².